The van der Waals surface area contributed by atoms with E-state index < -0.39 is 8.56 Å². The number of rotatable bonds is 30. The molecule has 0 spiro atoms. The maximum absolute atomic E-state index is 12.2. The van der Waals surface area contributed by atoms with Crippen LogP contribution in [0.3, 0.4) is 0 Å². The van der Waals surface area contributed by atoms with E-state index in [4.69, 9.17) is 8.85 Å². The topological polar surface area (TPSA) is 52.6 Å². The molecule has 0 aliphatic carbocycles. The van der Waals surface area contributed by atoms with Crippen molar-refractivity contribution >= 4 is 20.5 Å². The summed E-state index contributed by atoms with van der Waals surface area (Å²) in [5, 5.41) is 0. The van der Waals surface area contributed by atoms with Crippen LogP contribution < -0.4 is 0 Å². The van der Waals surface area contributed by atoms with E-state index >= 15 is 0 Å². The lowest BCUT2D eigenvalue weighted by molar-refractivity contribution is -0.141. The van der Waals surface area contributed by atoms with E-state index in [9.17, 15) is 9.59 Å². The maximum atomic E-state index is 12.2. The molecule has 0 fully saturated rings. The fourth-order valence-electron chi connectivity index (χ4n) is 5.25. The van der Waals surface area contributed by atoms with Crippen LogP contribution in [0.4, 0.5) is 0 Å². The zero-order valence-corrected chi connectivity index (χ0v) is 27.9. The van der Waals surface area contributed by atoms with Crippen LogP contribution in [-0.2, 0) is 18.4 Å². The molecule has 0 heterocycles. The molecule has 0 saturated carbocycles. The van der Waals surface area contributed by atoms with Crippen LogP contribution in [0.2, 0.25) is 13.1 Å². The van der Waals surface area contributed by atoms with Crippen LogP contribution >= 0.6 is 0 Å². The lowest BCUT2D eigenvalue weighted by atomic mass is 10.0. The molecular weight excluding hydrogens is 500 g/mol. The van der Waals surface area contributed by atoms with E-state index in [1.165, 1.54) is 141 Å². The first-order valence-electron chi connectivity index (χ1n) is 17.3. The molecule has 0 aromatic rings. The van der Waals surface area contributed by atoms with Gasteiger partial charge in [-0.05, 0) is 12.8 Å². The van der Waals surface area contributed by atoms with Crippen molar-refractivity contribution in [2.45, 2.75) is 207 Å². The van der Waals surface area contributed by atoms with Gasteiger partial charge in [0.2, 0.25) is 0 Å². The molecule has 39 heavy (non-hydrogen) atoms. The molecule has 232 valence electrons. The maximum Gasteiger partial charge on any atom is 0.457 e. The Bertz CT molecular complexity index is 503. The van der Waals surface area contributed by atoms with E-state index in [0.717, 1.165) is 25.7 Å². The second-order valence-corrected chi connectivity index (χ2v) is 15.5. The van der Waals surface area contributed by atoms with Crippen LogP contribution in [0.5, 0.6) is 0 Å². The molecule has 0 rings (SSSR count). The van der Waals surface area contributed by atoms with Crippen LogP contribution in [0.25, 0.3) is 0 Å². The molecule has 0 unspecified atom stereocenters. The van der Waals surface area contributed by atoms with E-state index in [1.54, 1.807) is 13.1 Å². The van der Waals surface area contributed by atoms with Gasteiger partial charge in [-0.15, -0.1) is 0 Å². The molecule has 0 aromatic heterocycles. The zero-order chi connectivity index (χ0) is 28.9. The van der Waals surface area contributed by atoms with Gasteiger partial charge < -0.3 is 8.85 Å². The summed E-state index contributed by atoms with van der Waals surface area (Å²) in [6.07, 6.45) is 34.4. The molecular formula is C34H68O4Si. The minimum atomic E-state index is -2.74. The summed E-state index contributed by atoms with van der Waals surface area (Å²) >= 11 is 0. The highest BCUT2D eigenvalue weighted by molar-refractivity contribution is 6.67. The molecule has 0 aromatic carbocycles. The van der Waals surface area contributed by atoms with E-state index in [-0.39, 0.29) is 11.9 Å². The van der Waals surface area contributed by atoms with Crippen molar-refractivity contribution < 1.29 is 18.4 Å². The average Bonchev–Trinajstić information content (AvgIpc) is 2.88. The first-order valence-corrected chi connectivity index (χ1v) is 20.2. The van der Waals surface area contributed by atoms with Crippen molar-refractivity contribution in [3.05, 3.63) is 0 Å². The minimum Gasteiger partial charge on any atom is -0.485 e. The van der Waals surface area contributed by atoms with Crippen molar-refractivity contribution in [1.29, 1.82) is 0 Å². The van der Waals surface area contributed by atoms with E-state index in [1.807, 2.05) is 0 Å². The predicted molar refractivity (Wildman–Crippen MR) is 170 cm³/mol. The molecule has 0 N–H and O–H groups in total. The Morgan fingerprint density at radius 2 is 0.590 bits per heavy atom. The predicted octanol–water partition coefficient (Wildman–Crippen LogP) is 11.7. The number of hydrogen-bond donors (Lipinski definition) is 0. The Kier molecular flexibility index (Phi) is 28.1. The Balaban J connectivity index is 3.56. The van der Waals surface area contributed by atoms with Gasteiger partial charge in [-0.25, -0.2) is 0 Å². The third kappa shape index (κ3) is 30.0. The Labute approximate surface area is 245 Å². The Morgan fingerprint density at radius 3 is 0.821 bits per heavy atom. The van der Waals surface area contributed by atoms with Gasteiger partial charge in [-0.2, -0.15) is 0 Å². The van der Waals surface area contributed by atoms with Crippen molar-refractivity contribution in [3.63, 3.8) is 0 Å². The lowest BCUT2D eigenvalue weighted by Crippen LogP contribution is -2.39. The SMILES string of the molecule is CCCCCCCCCCCCCCCC(=O)O[Si](C)(C)OC(=O)CCCCCCCCCCCCCCC. The van der Waals surface area contributed by atoms with E-state index in [0.29, 0.717) is 12.8 Å². The molecule has 0 aliphatic rings. The van der Waals surface area contributed by atoms with Crippen molar-refractivity contribution in [2.75, 3.05) is 0 Å². The van der Waals surface area contributed by atoms with Gasteiger partial charge in [-0.3, -0.25) is 9.59 Å². The Morgan fingerprint density at radius 1 is 0.385 bits per heavy atom. The van der Waals surface area contributed by atoms with Gasteiger partial charge >= 0.3 is 8.56 Å². The molecule has 5 heteroatoms. The Hall–Kier alpha value is -0.843. The zero-order valence-electron chi connectivity index (χ0n) is 26.9. The highest BCUT2D eigenvalue weighted by Gasteiger charge is 2.33. The summed E-state index contributed by atoms with van der Waals surface area (Å²) in [5.74, 6) is -0.410. The average molecular weight is 569 g/mol. The quantitative estimate of drug-likeness (QED) is 0.0638. The normalized spacial score (nSPS) is 11.6. The molecule has 0 bridgehead atoms. The van der Waals surface area contributed by atoms with Crippen molar-refractivity contribution in [1.82, 2.24) is 0 Å². The fourth-order valence-corrected chi connectivity index (χ4v) is 6.59. The third-order valence-corrected chi connectivity index (χ3v) is 9.13. The summed E-state index contributed by atoms with van der Waals surface area (Å²) in [5.41, 5.74) is 0. The van der Waals surface area contributed by atoms with Crippen LogP contribution in [0.15, 0.2) is 0 Å². The summed E-state index contributed by atoms with van der Waals surface area (Å²) in [6.45, 7) is 8.14. The summed E-state index contributed by atoms with van der Waals surface area (Å²) in [7, 11) is -2.74. The second kappa shape index (κ2) is 28.7. The van der Waals surface area contributed by atoms with Crippen molar-refractivity contribution in [2.24, 2.45) is 0 Å². The van der Waals surface area contributed by atoms with Crippen LogP contribution in [-0.4, -0.2) is 20.5 Å². The fraction of sp³-hybridized carbons (Fsp3) is 0.941. The lowest BCUT2D eigenvalue weighted by Gasteiger charge is -2.22. The van der Waals surface area contributed by atoms with E-state index in [2.05, 4.69) is 13.8 Å². The largest absolute Gasteiger partial charge is 0.485 e. The van der Waals surface area contributed by atoms with Gasteiger partial charge in [0.1, 0.15) is 0 Å². The first-order chi connectivity index (χ1) is 18.9. The molecule has 0 saturated heterocycles. The molecule has 0 aliphatic heterocycles. The highest BCUT2D eigenvalue weighted by atomic mass is 28.4. The molecule has 0 atom stereocenters. The molecule has 0 amide bonds. The number of hydrogen-bond acceptors (Lipinski definition) is 4. The summed E-state index contributed by atoms with van der Waals surface area (Å²) in [4.78, 5) is 24.5. The number of carbonyl (C=O) groups excluding carboxylic acids is 2. The monoisotopic (exact) mass is 568 g/mol. The second-order valence-electron chi connectivity index (χ2n) is 12.3. The summed E-state index contributed by atoms with van der Waals surface area (Å²) in [6, 6.07) is 0. The van der Waals surface area contributed by atoms with Crippen LogP contribution in [0, 0.1) is 0 Å². The molecule has 4 nitrogen and oxygen atoms in total. The smallest absolute Gasteiger partial charge is 0.457 e. The van der Waals surface area contributed by atoms with Crippen molar-refractivity contribution in [3.8, 4) is 0 Å². The highest BCUT2D eigenvalue weighted by Crippen LogP contribution is 2.16. The van der Waals surface area contributed by atoms with Gasteiger partial charge in [0, 0.05) is 25.9 Å². The van der Waals surface area contributed by atoms with Gasteiger partial charge in [0.25, 0.3) is 11.9 Å². The summed E-state index contributed by atoms with van der Waals surface area (Å²) < 4.78 is 11.2. The number of carbonyl (C=O) groups is 2. The third-order valence-electron chi connectivity index (χ3n) is 7.69. The molecule has 0 radical (unpaired) electrons. The van der Waals surface area contributed by atoms with Gasteiger partial charge in [-0.1, -0.05) is 168 Å². The van der Waals surface area contributed by atoms with Crippen LogP contribution in [0.1, 0.15) is 194 Å². The minimum absolute atomic E-state index is 0.205. The standard InChI is InChI=1S/C34H68O4Si/c1-5-7-9-11-13-15-17-19-21-23-25-27-29-31-33(35)37-39(3,4)38-34(36)32-30-28-26-24-22-20-18-16-14-12-10-8-6-2/h5-32H2,1-4H3. The first kappa shape index (κ1) is 38.2. The van der Waals surface area contributed by atoms with Gasteiger partial charge in [0.05, 0.1) is 0 Å². The number of unbranched alkanes of at least 4 members (excludes halogenated alkanes) is 24. The van der Waals surface area contributed by atoms with Gasteiger partial charge in [0.15, 0.2) is 0 Å².